The van der Waals surface area contributed by atoms with Crippen LogP contribution in [0.3, 0.4) is 0 Å². The van der Waals surface area contributed by atoms with Crippen molar-refractivity contribution < 1.29 is 86.2 Å². The topological polar surface area (TPSA) is 178 Å². The molecule has 0 saturated heterocycles. The van der Waals surface area contributed by atoms with Crippen LogP contribution < -0.4 is 21.3 Å². The van der Waals surface area contributed by atoms with E-state index in [-0.39, 0.29) is 89.5 Å². The second kappa shape index (κ2) is 34.0. The Kier molecular flexibility index (Phi) is 44.7. The summed E-state index contributed by atoms with van der Waals surface area (Å²) in [5.74, 6) is 1.17. The molecule has 0 unspecified atom stereocenters. The maximum absolute atomic E-state index is 8.76. The van der Waals surface area contributed by atoms with Crippen LogP contribution in [0, 0.1) is 32.1 Å². The average Bonchev–Trinajstić information content (AvgIpc) is 2.90. The van der Waals surface area contributed by atoms with E-state index in [2.05, 4.69) is 89.6 Å². The molecule has 0 fully saturated rings. The van der Waals surface area contributed by atoms with Crippen LogP contribution in [0.5, 0.6) is 0 Å². The van der Waals surface area contributed by atoms with Crippen LogP contribution in [0.4, 0.5) is 0 Å². The molecule has 0 aromatic heterocycles. The molecule has 0 amide bonds. The molecule has 284 valence electrons. The predicted molar refractivity (Wildman–Crippen MR) is 198 cm³/mol. The van der Waals surface area contributed by atoms with Gasteiger partial charge in [0.15, 0.2) is 0 Å². The number of hydrogen-bond donors (Lipinski definition) is 8. The Morgan fingerprint density at radius 1 is 0.625 bits per heavy atom. The summed E-state index contributed by atoms with van der Waals surface area (Å²) < 4.78 is 0. The van der Waals surface area contributed by atoms with E-state index in [9.17, 15) is 0 Å². The van der Waals surface area contributed by atoms with Crippen molar-refractivity contribution in [1.82, 2.24) is 21.3 Å². The van der Waals surface area contributed by atoms with Crippen LogP contribution in [0.2, 0.25) is 0 Å². The third-order valence-corrected chi connectivity index (χ3v) is 6.36. The smallest absolute Gasteiger partial charge is 0.0734 e. The molecule has 2 radical (unpaired) electrons. The maximum atomic E-state index is 8.76. The Morgan fingerprint density at radius 3 is 1.17 bits per heavy atom. The van der Waals surface area contributed by atoms with E-state index < -0.39 is 5.54 Å². The maximum Gasteiger partial charge on any atom is 0.0734 e. The van der Waals surface area contributed by atoms with Gasteiger partial charge in [0.25, 0.3) is 0 Å². The van der Waals surface area contributed by atoms with E-state index in [0.29, 0.717) is 42.1 Å². The van der Waals surface area contributed by atoms with Crippen molar-refractivity contribution in [2.45, 2.75) is 140 Å². The molecule has 0 bridgehead atoms. The molecule has 0 aliphatic carbocycles. The minimum Gasteiger partial charge on any atom is -0.447 e. The monoisotopic (exact) mass is 836 g/mol. The molecule has 0 spiro atoms. The minimum absolute atomic E-state index is 0. The summed E-state index contributed by atoms with van der Waals surface area (Å²) in [6, 6.07) is 0. The van der Waals surface area contributed by atoms with Crippen LogP contribution in [0.25, 0.3) is 0 Å². The summed E-state index contributed by atoms with van der Waals surface area (Å²) in [5.41, 5.74) is 0.480. The molecule has 8 N–H and O–H groups in total. The van der Waals surface area contributed by atoms with Crippen LogP contribution in [0.15, 0.2) is 20.6 Å². The molecule has 0 aromatic carbocycles. The quantitative estimate of drug-likeness (QED) is 0.0285. The van der Waals surface area contributed by atoms with Crippen molar-refractivity contribution in [3.05, 3.63) is 20.3 Å². The Bertz CT molecular complexity index is 819. The van der Waals surface area contributed by atoms with Gasteiger partial charge in [-0.3, -0.25) is 0 Å². The molecule has 0 aliphatic rings. The minimum atomic E-state index is -0.438. The fourth-order valence-corrected chi connectivity index (χ4v) is 2.54. The second-order valence-electron chi connectivity index (χ2n) is 13.8. The van der Waals surface area contributed by atoms with Gasteiger partial charge in [0, 0.05) is 65.4 Å². The third kappa shape index (κ3) is 40.4. The van der Waals surface area contributed by atoms with Crippen molar-refractivity contribution >= 4 is 23.3 Å². The molecular weight excluding hydrogens is 762 g/mol. The van der Waals surface area contributed by atoms with Gasteiger partial charge in [-0.15, -0.1) is 13.1 Å². The number of nitrogens with one attached hydrogen (secondary N) is 4. The molecular formula is C34H74N8O4Y2-4. The fraction of sp³-hybridized carbons (Fsp3) is 0.794. The molecule has 0 saturated carbocycles. The van der Waals surface area contributed by atoms with Gasteiger partial charge in [0.1, 0.15) is 0 Å². The zero-order chi connectivity index (χ0) is 36.5. The van der Waals surface area contributed by atoms with E-state index in [4.69, 9.17) is 20.8 Å². The summed E-state index contributed by atoms with van der Waals surface area (Å²) in [4.78, 5) is 0. The first-order chi connectivity index (χ1) is 20.4. The Labute approximate surface area is 346 Å². The Morgan fingerprint density at radius 2 is 0.896 bits per heavy atom. The van der Waals surface area contributed by atoms with Gasteiger partial charge in [0.2, 0.25) is 0 Å². The van der Waals surface area contributed by atoms with Gasteiger partial charge in [-0.1, -0.05) is 70.0 Å². The van der Waals surface area contributed by atoms with E-state index in [0.717, 1.165) is 19.5 Å². The van der Waals surface area contributed by atoms with Crippen molar-refractivity contribution in [3.8, 4) is 0 Å². The van der Waals surface area contributed by atoms with Crippen LogP contribution >= 0.6 is 0 Å². The van der Waals surface area contributed by atoms with Gasteiger partial charge in [-0.25, -0.2) is 0 Å². The van der Waals surface area contributed by atoms with Gasteiger partial charge in [-0.2, -0.15) is 11.8 Å². The summed E-state index contributed by atoms with van der Waals surface area (Å²) in [7, 11) is 0. The molecule has 0 aliphatic heterocycles. The van der Waals surface area contributed by atoms with Gasteiger partial charge < -0.3 is 73.7 Å². The number of hydrogen-bond acceptors (Lipinski definition) is 12. The SMILES string of the molecule is C.C/C(=N\O)C(C)(C)NCCCNC(C)(C)[C-]=NO.C/C(=N\O)C(C)(C)NC[CH-]CNC(C)(C)/C(C)=N/O.[CH2-]C(C)C.[CH2-]C(C)C.[Y].[Y]. The van der Waals surface area contributed by atoms with Crippen molar-refractivity contribution in [2.75, 3.05) is 26.2 Å². The number of rotatable bonds is 16. The summed E-state index contributed by atoms with van der Waals surface area (Å²) >= 11 is 0. The van der Waals surface area contributed by atoms with E-state index in [1.54, 1.807) is 20.8 Å². The molecule has 48 heavy (non-hydrogen) atoms. The second-order valence-corrected chi connectivity index (χ2v) is 13.8. The van der Waals surface area contributed by atoms with E-state index >= 15 is 0 Å². The third-order valence-electron chi connectivity index (χ3n) is 6.36. The zero-order valence-electron chi connectivity index (χ0n) is 32.4. The largest absolute Gasteiger partial charge is 0.447 e. The normalized spacial score (nSPS) is 12.8. The predicted octanol–water partition coefficient (Wildman–Crippen LogP) is 6.51. The average molecular weight is 837 g/mol. The van der Waals surface area contributed by atoms with Crippen LogP contribution in [-0.4, -0.2) is 92.5 Å². The van der Waals surface area contributed by atoms with Crippen molar-refractivity contribution in [2.24, 2.45) is 32.5 Å². The summed E-state index contributed by atoms with van der Waals surface area (Å²) in [5, 5.41) is 60.3. The van der Waals surface area contributed by atoms with E-state index in [1.165, 1.54) is 0 Å². The molecule has 12 nitrogen and oxygen atoms in total. The van der Waals surface area contributed by atoms with Gasteiger partial charge >= 0.3 is 0 Å². The van der Waals surface area contributed by atoms with Crippen LogP contribution in [-0.2, 0) is 65.4 Å². The zero-order valence-corrected chi connectivity index (χ0v) is 38.1. The first-order valence-electron chi connectivity index (χ1n) is 15.6. The van der Waals surface area contributed by atoms with Crippen molar-refractivity contribution in [3.63, 3.8) is 0 Å². The number of oxime groups is 3. The van der Waals surface area contributed by atoms with Gasteiger partial charge in [0.05, 0.1) is 33.8 Å². The molecule has 0 heterocycles. The standard InChI is InChI=1S/C13H27N4O2.C12H25N4O2.2C4H9.CH4.2Y/c1-10(16-18)12(3,4)14-8-7-9-15-13(5,6)11(2)17-19;1-10(16-18)12(4,5)14-8-6-7-13-11(2,3)9-15-17;2*1-4(2)3;;;/h7,14-15,18-19H,8-9H2,1-6H3;13-14,17-18H,6-8H2,1-5H3;2*4H,1H2,2-3H3;1H4;;/q4*-1;;;/b16-10+,17-11+;16-10+;;;;;. The summed E-state index contributed by atoms with van der Waals surface area (Å²) in [6.45, 7) is 39.3. The van der Waals surface area contributed by atoms with Crippen molar-refractivity contribution in [1.29, 1.82) is 0 Å². The number of nitrogens with zero attached hydrogens (tertiary/aromatic N) is 4. The Hall–Kier alpha value is -0.0722. The van der Waals surface area contributed by atoms with Gasteiger partial charge in [-0.05, 0) is 81.8 Å². The molecule has 0 atom stereocenters. The molecule has 0 aromatic rings. The fourth-order valence-electron chi connectivity index (χ4n) is 2.54. The first-order valence-corrected chi connectivity index (χ1v) is 15.6. The molecule has 0 rings (SSSR count). The first kappa shape index (κ1) is 63.0. The summed E-state index contributed by atoms with van der Waals surface area (Å²) in [6.07, 6.45) is 5.50. The van der Waals surface area contributed by atoms with E-state index in [1.807, 2.05) is 61.8 Å². The Balaban J connectivity index is -0.000000109. The molecule has 14 heteroatoms. The van der Waals surface area contributed by atoms with Crippen LogP contribution in [0.1, 0.15) is 118 Å².